The van der Waals surface area contributed by atoms with Gasteiger partial charge in [0.1, 0.15) is 5.82 Å². The molecule has 2 N–H and O–H groups in total. The summed E-state index contributed by atoms with van der Waals surface area (Å²) in [6, 6.07) is 4.89. The number of nitrogens with zero attached hydrogens (tertiary/aromatic N) is 1. The van der Waals surface area contributed by atoms with Crippen molar-refractivity contribution in [2.45, 2.75) is 11.3 Å². The van der Waals surface area contributed by atoms with E-state index in [-0.39, 0.29) is 11.4 Å². The summed E-state index contributed by atoms with van der Waals surface area (Å²) in [4.78, 5) is 6.61. The van der Waals surface area contributed by atoms with Gasteiger partial charge in [-0.15, -0.1) is 0 Å². The average Bonchev–Trinajstić information content (AvgIpc) is 2.82. The van der Waals surface area contributed by atoms with Gasteiger partial charge in [-0.05, 0) is 18.2 Å². The van der Waals surface area contributed by atoms with Crippen molar-refractivity contribution in [3.63, 3.8) is 0 Å². The summed E-state index contributed by atoms with van der Waals surface area (Å²) in [6.45, 7) is 0.223. The van der Waals surface area contributed by atoms with Gasteiger partial charge >= 0.3 is 0 Å². The highest BCUT2D eigenvalue weighted by Gasteiger charge is 2.13. The fourth-order valence-electron chi connectivity index (χ4n) is 1.46. The van der Waals surface area contributed by atoms with Crippen LogP contribution in [0.1, 0.15) is 5.69 Å². The number of aromatic amines is 1. The minimum Gasteiger partial charge on any atom is -0.348 e. The molecule has 0 radical (unpaired) electrons. The third-order valence-electron chi connectivity index (χ3n) is 2.35. The Balaban J connectivity index is 1.99. The number of imidazole rings is 1. The van der Waals surface area contributed by atoms with Crippen LogP contribution in [0, 0.1) is 5.82 Å². The maximum Gasteiger partial charge on any atom is 0.240 e. The molecule has 2 aromatic rings. The second kappa shape index (κ2) is 5.28. The highest BCUT2D eigenvalue weighted by Crippen LogP contribution is 2.10. The Morgan fingerprint density at radius 2 is 2.22 bits per heavy atom. The average molecular weight is 269 g/mol. The number of H-pyrrole nitrogens is 1. The van der Waals surface area contributed by atoms with Gasteiger partial charge in [0.05, 0.1) is 11.2 Å². The van der Waals surface area contributed by atoms with Crippen LogP contribution in [0.5, 0.6) is 0 Å². The first-order valence-electron chi connectivity index (χ1n) is 5.30. The van der Waals surface area contributed by atoms with Gasteiger partial charge in [-0.25, -0.2) is 22.5 Å². The van der Waals surface area contributed by atoms with Gasteiger partial charge in [0.15, 0.2) is 0 Å². The van der Waals surface area contributed by atoms with Crippen molar-refractivity contribution < 1.29 is 12.8 Å². The molecule has 0 saturated heterocycles. The van der Waals surface area contributed by atoms with Crippen LogP contribution in [0.3, 0.4) is 0 Å². The van der Waals surface area contributed by atoms with Crippen molar-refractivity contribution in [2.24, 2.45) is 0 Å². The van der Waals surface area contributed by atoms with Gasteiger partial charge in [0, 0.05) is 24.9 Å². The van der Waals surface area contributed by atoms with E-state index in [0.717, 1.165) is 11.8 Å². The molecule has 18 heavy (non-hydrogen) atoms. The summed E-state index contributed by atoms with van der Waals surface area (Å²) >= 11 is 0. The van der Waals surface area contributed by atoms with Gasteiger partial charge in [0.2, 0.25) is 10.0 Å². The number of hydrogen-bond donors (Lipinski definition) is 2. The first-order chi connectivity index (χ1) is 8.58. The third kappa shape index (κ3) is 3.14. The Kier molecular flexibility index (Phi) is 3.73. The Labute approximate surface area is 104 Å². The maximum absolute atomic E-state index is 12.9. The molecule has 0 fully saturated rings. The zero-order chi connectivity index (χ0) is 13.0. The van der Waals surface area contributed by atoms with E-state index in [1.807, 2.05) is 0 Å². The van der Waals surface area contributed by atoms with Crippen molar-refractivity contribution in [1.29, 1.82) is 0 Å². The summed E-state index contributed by atoms with van der Waals surface area (Å²) in [6.07, 6.45) is 3.64. The molecular weight excluding hydrogens is 257 g/mol. The summed E-state index contributed by atoms with van der Waals surface area (Å²) in [7, 11) is -3.66. The molecule has 0 aliphatic heterocycles. The number of halogens is 1. The van der Waals surface area contributed by atoms with Gasteiger partial charge in [-0.3, -0.25) is 0 Å². The highest BCUT2D eigenvalue weighted by molar-refractivity contribution is 7.89. The molecule has 5 nitrogen and oxygen atoms in total. The molecule has 1 aromatic heterocycles. The van der Waals surface area contributed by atoms with Crippen LogP contribution < -0.4 is 4.72 Å². The Morgan fingerprint density at radius 1 is 1.39 bits per heavy atom. The van der Waals surface area contributed by atoms with Gasteiger partial charge in [0.25, 0.3) is 0 Å². The van der Waals surface area contributed by atoms with Crippen LogP contribution in [-0.4, -0.2) is 24.9 Å². The van der Waals surface area contributed by atoms with E-state index in [1.54, 1.807) is 6.20 Å². The molecule has 0 bridgehead atoms. The Hall–Kier alpha value is -1.73. The first-order valence-corrected chi connectivity index (χ1v) is 6.79. The van der Waals surface area contributed by atoms with Crippen molar-refractivity contribution >= 4 is 10.0 Å². The molecule has 0 aliphatic carbocycles. The molecule has 0 unspecified atom stereocenters. The van der Waals surface area contributed by atoms with Gasteiger partial charge < -0.3 is 4.98 Å². The van der Waals surface area contributed by atoms with Crippen LogP contribution in [-0.2, 0) is 16.4 Å². The van der Waals surface area contributed by atoms with E-state index in [1.165, 1.54) is 24.5 Å². The minimum atomic E-state index is -3.66. The number of sulfonamides is 1. The smallest absolute Gasteiger partial charge is 0.240 e. The number of hydrogen-bond acceptors (Lipinski definition) is 3. The van der Waals surface area contributed by atoms with E-state index in [2.05, 4.69) is 14.7 Å². The second-order valence-corrected chi connectivity index (χ2v) is 5.45. The number of nitrogens with one attached hydrogen (secondary N) is 2. The topological polar surface area (TPSA) is 74.8 Å². The van der Waals surface area contributed by atoms with Gasteiger partial charge in [-0.1, -0.05) is 6.07 Å². The zero-order valence-electron chi connectivity index (χ0n) is 9.43. The van der Waals surface area contributed by atoms with Crippen molar-refractivity contribution in [1.82, 2.24) is 14.7 Å². The molecule has 2 rings (SSSR count). The van der Waals surface area contributed by atoms with E-state index >= 15 is 0 Å². The van der Waals surface area contributed by atoms with Gasteiger partial charge in [-0.2, -0.15) is 0 Å². The lowest BCUT2D eigenvalue weighted by molar-refractivity contribution is 0.577. The third-order valence-corrected chi connectivity index (χ3v) is 3.81. The normalized spacial score (nSPS) is 11.6. The van der Waals surface area contributed by atoms with Crippen LogP contribution >= 0.6 is 0 Å². The molecule has 0 aliphatic rings. The van der Waals surface area contributed by atoms with Crippen LogP contribution in [0.25, 0.3) is 0 Å². The fraction of sp³-hybridized carbons (Fsp3) is 0.182. The van der Waals surface area contributed by atoms with E-state index in [9.17, 15) is 12.8 Å². The van der Waals surface area contributed by atoms with Crippen LogP contribution in [0.15, 0.2) is 41.7 Å². The predicted molar refractivity (Wildman–Crippen MR) is 63.9 cm³/mol. The summed E-state index contributed by atoms with van der Waals surface area (Å²) in [5, 5.41) is 0. The molecule has 1 heterocycles. The van der Waals surface area contributed by atoms with E-state index in [4.69, 9.17) is 0 Å². The molecule has 1 aromatic carbocycles. The summed E-state index contributed by atoms with van der Waals surface area (Å²) in [5.74, 6) is -0.577. The largest absolute Gasteiger partial charge is 0.348 e. The van der Waals surface area contributed by atoms with Crippen LogP contribution in [0.2, 0.25) is 0 Å². The standard InChI is InChI=1S/C11H12FN3O2S/c12-9-2-1-3-11(6-9)18(16,17)15-5-4-10-7-13-8-14-10/h1-3,6-8,15H,4-5H2,(H,13,14). The molecule has 7 heteroatoms. The monoisotopic (exact) mass is 269 g/mol. The SMILES string of the molecule is O=S(=O)(NCCc1cnc[nH]1)c1cccc(F)c1. The lowest BCUT2D eigenvalue weighted by Crippen LogP contribution is -2.26. The number of benzene rings is 1. The predicted octanol–water partition coefficient (Wildman–Crippen LogP) is 1.07. The fourth-order valence-corrected chi connectivity index (χ4v) is 2.52. The van der Waals surface area contributed by atoms with Crippen molar-refractivity contribution in [2.75, 3.05) is 6.54 Å². The number of rotatable bonds is 5. The molecule has 0 atom stereocenters. The summed E-state index contributed by atoms with van der Waals surface area (Å²) in [5.41, 5.74) is 0.831. The molecule has 96 valence electrons. The molecular formula is C11H12FN3O2S. The Morgan fingerprint density at radius 3 is 2.89 bits per heavy atom. The van der Waals surface area contributed by atoms with Crippen LogP contribution in [0.4, 0.5) is 4.39 Å². The van der Waals surface area contributed by atoms with E-state index in [0.29, 0.717) is 6.42 Å². The zero-order valence-corrected chi connectivity index (χ0v) is 10.2. The second-order valence-electron chi connectivity index (χ2n) is 3.68. The first kappa shape index (κ1) is 12.7. The Bertz CT molecular complexity index is 611. The number of aromatic nitrogens is 2. The van der Waals surface area contributed by atoms with E-state index < -0.39 is 15.8 Å². The molecule has 0 amide bonds. The lowest BCUT2D eigenvalue weighted by atomic mass is 10.3. The quantitative estimate of drug-likeness (QED) is 0.852. The lowest BCUT2D eigenvalue weighted by Gasteiger charge is -2.05. The molecule has 0 saturated carbocycles. The molecule has 0 spiro atoms. The summed E-state index contributed by atoms with van der Waals surface area (Å²) < 4.78 is 39.0. The minimum absolute atomic E-state index is 0.0767. The highest BCUT2D eigenvalue weighted by atomic mass is 32.2. The van der Waals surface area contributed by atoms with Crippen molar-refractivity contribution in [3.8, 4) is 0 Å². The maximum atomic E-state index is 12.9. The van der Waals surface area contributed by atoms with Crippen molar-refractivity contribution in [3.05, 3.63) is 48.3 Å².